The molecular weight excluding hydrogens is 374 g/mol. The van der Waals surface area contributed by atoms with Crippen molar-refractivity contribution in [2.75, 3.05) is 13.1 Å². The summed E-state index contributed by atoms with van der Waals surface area (Å²) >= 11 is 0. The first-order chi connectivity index (χ1) is 13.1. The lowest BCUT2D eigenvalue weighted by Crippen LogP contribution is -2.57. The van der Waals surface area contributed by atoms with Gasteiger partial charge in [0.15, 0.2) is 0 Å². The second-order valence-electron chi connectivity index (χ2n) is 7.08. The zero-order valence-electron chi connectivity index (χ0n) is 16.3. The minimum Gasteiger partial charge on any atom is -0.345 e. The molecule has 3 unspecified atom stereocenters. The van der Waals surface area contributed by atoms with Gasteiger partial charge in [-0.3, -0.25) is 9.59 Å². The van der Waals surface area contributed by atoms with Crippen molar-refractivity contribution < 1.29 is 9.59 Å². The van der Waals surface area contributed by atoms with Gasteiger partial charge in [0.2, 0.25) is 5.91 Å². The van der Waals surface area contributed by atoms with Crippen LogP contribution in [0.2, 0.25) is 0 Å². The van der Waals surface area contributed by atoms with E-state index >= 15 is 0 Å². The molecule has 6 heteroatoms. The Labute approximate surface area is 172 Å². The zero-order chi connectivity index (χ0) is 19.2. The van der Waals surface area contributed by atoms with Crippen LogP contribution in [-0.4, -0.2) is 41.9 Å². The Morgan fingerprint density at radius 2 is 1.68 bits per heavy atom. The predicted octanol–water partition coefficient (Wildman–Crippen LogP) is 3.18. The van der Waals surface area contributed by atoms with E-state index in [1.54, 1.807) is 12.1 Å². The smallest absolute Gasteiger partial charge is 0.251 e. The second-order valence-corrected chi connectivity index (χ2v) is 7.08. The number of benzene rings is 2. The standard InChI is InChI=1S/C22H27N3O2.ClH/c1-16-17(2)25(14-13-23-16)21(26)15-20(18-9-5-3-6-10-18)24-22(27)19-11-7-4-8-12-19;/h3-12,16-17,20,23H,13-15H2,1-2H3,(H,24,27);1H. The summed E-state index contributed by atoms with van der Waals surface area (Å²) in [5.74, 6) is -0.1000. The average Bonchev–Trinajstić information content (AvgIpc) is 2.70. The monoisotopic (exact) mass is 401 g/mol. The molecule has 1 aliphatic heterocycles. The van der Waals surface area contributed by atoms with Gasteiger partial charge in [0.05, 0.1) is 12.5 Å². The van der Waals surface area contributed by atoms with Crippen LogP contribution in [0, 0.1) is 0 Å². The van der Waals surface area contributed by atoms with Crippen molar-refractivity contribution in [3.63, 3.8) is 0 Å². The topological polar surface area (TPSA) is 61.4 Å². The Bertz CT molecular complexity index is 770. The first-order valence-electron chi connectivity index (χ1n) is 9.50. The van der Waals surface area contributed by atoms with E-state index < -0.39 is 0 Å². The van der Waals surface area contributed by atoms with E-state index in [1.165, 1.54) is 0 Å². The highest BCUT2D eigenvalue weighted by Gasteiger charge is 2.30. The van der Waals surface area contributed by atoms with Crippen molar-refractivity contribution in [2.45, 2.75) is 38.4 Å². The molecule has 0 radical (unpaired) electrons. The van der Waals surface area contributed by atoms with Gasteiger partial charge in [-0.05, 0) is 31.5 Å². The number of amides is 2. The number of nitrogens with zero attached hydrogens (tertiary/aromatic N) is 1. The molecule has 0 aromatic heterocycles. The van der Waals surface area contributed by atoms with Crippen molar-refractivity contribution >= 4 is 24.2 Å². The molecule has 1 saturated heterocycles. The molecule has 0 aliphatic carbocycles. The normalized spacial score (nSPS) is 20.0. The van der Waals surface area contributed by atoms with Gasteiger partial charge in [-0.25, -0.2) is 0 Å². The van der Waals surface area contributed by atoms with Crippen LogP contribution in [0.15, 0.2) is 60.7 Å². The number of carbonyl (C=O) groups is 2. The Morgan fingerprint density at radius 1 is 1.07 bits per heavy atom. The molecule has 2 aromatic carbocycles. The maximum absolute atomic E-state index is 13.0. The third-order valence-electron chi connectivity index (χ3n) is 5.28. The minimum atomic E-state index is -0.358. The average molecular weight is 402 g/mol. The Morgan fingerprint density at radius 3 is 2.32 bits per heavy atom. The van der Waals surface area contributed by atoms with Crippen molar-refractivity contribution in [3.8, 4) is 0 Å². The Kier molecular flexibility index (Phi) is 8.03. The number of hydrogen-bond acceptors (Lipinski definition) is 3. The highest BCUT2D eigenvalue weighted by molar-refractivity contribution is 5.94. The van der Waals surface area contributed by atoms with Gasteiger partial charge in [-0.15, -0.1) is 12.4 Å². The Hall–Kier alpha value is -2.37. The molecule has 0 bridgehead atoms. The quantitative estimate of drug-likeness (QED) is 0.808. The molecule has 28 heavy (non-hydrogen) atoms. The highest BCUT2D eigenvalue weighted by atomic mass is 35.5. The highest BCUT2D eigenvalue weighted by Crippen LogP contribution is 2.21. The van der Waals surface area contributed by atoms with E-state index in [4.69, 9.17) is 0 Å². The number of piperazine rings is 1. The van der Waals surface area contributed by atoms with E-state index in [-0.39, 0.29) is 48.8 Å². The molecule has 2 amide bonds. The molecule has 0 spiro atoms. The summed E-state index contributed by atoms with van der Waals surface area (Å²) < 4.78 is 0. The summed E-state index contributed by atoms with van der Waals surface area (Å²) in [4.78, 5) is 27.6. The Balaban J connectivity index is 0.00000280. The van der Waals surface area contributed by atoms with E-state index in [2.05, 4.69) is 24.5 Å². The lowest BCUT2D eigenvalue weighted by Gasteiger charge is -2.39. The van der Waals surface area contributed by atoms with E-state index in [0.29, 0.717) is 12.1 Å². The second kappa shape index (κ2) is 10.2. The third kappa shape index (κ3) is 5.33. The van der Waals surface area contributed by atoms with Crippen molar-refractivity contribution in [1.29, 1.82) is 0 Å². The largest absolute Gasteiger partial charge is 0.345 e. The van der Waals surface area contributed by atoms with Gasteiger partial charge in [0.25, 0.3) is 5.91 Å². The molecule has 1 aliphatic rings. The molecular formula is C22H28ClN3O2. The van der Waals surface area contributed by atoms with Gasteiger partial charge < -0.3 is 15.5 Å². The number of rotatable bonds is 5. The first-order valence-corrected chi connectivity index (χ1v) is 9.50. The molecule has 2 N–H and O–H groups in total. The fourth-order valence-electron chi connectivity index (χ4n) is 3.47. The lowest BCUT2D eigenvalue weighted by atomic mass is 10.0. The van der Waals surface area contributed by atoms with Crippen LogP contribution in [0.3, 0.4) is 0 Å². The van der Waals surface area contributed by atoms with E-state index in [1.807, 2.05) is 53.4 Å². The molecule has 0 saturated carbocycles. The van der Waals surface area contributed by atoms with Crippen LogP contribution < -0.4 is 10.6 Å². The van der Waals surface area contributed by atoms with Gasteiger partial charge in [0, 0.05) is 30.7 Å². The molecule has 150 valence electrons. The summed E-state index contributed by atoms with van der Waals surface area (Å²) in [7, 11) is 0. The first kappa shape index (κ1) is 21.9. The maximum Gasteiger partial charge on any atom is 0.251 e. The van der Waals surface area contributed by atoms with E-state index in [9.17, 15) is 9.59 Å². The number of hydrogen-bond donors (Lipinski definition) is 2. The van der Waals surface area contributed by atoms with E-state index in [0.717, 1.165) is 12.1 Å². The van der Waals surface area contributed by atoms with Crippen LogP contribution in [-0.2, 0) is 4.79 Å². The number of nitrogens with one attached hydrogen (secondary N) is 2. The fraction of sp³-hybridized carbons (Fsp3) is 0.364. The third-order valence-corrected chi connectivity index (χ3v) is 5.28. The zero-order valence-corrected chi connectivity index (χ0v) is 17.1. The maximum atomic E-state index is 13.0. The molecule has 3 atom stereocenters. The van der Waals surface area contributed by atoms with Gasteiger partial charge in [-0.2, -0.15) is 0 Å². The van der Waals surface area contributed by atoms with Crippen molar-refractivity contribution in [2.24, 2.45) is 0 Å². The number of halogens is 1. The SMILES string of the molecule is CC1NCCN(C(=O)CC(NC(=O)c2ccccc2)c2ccccc2)C1C.Cl. The molecule has 3 rings (SSSR count). The van der Waals surface area contributed by atoms with Crippen LogP contribution >= 0.6 is 12.4 Å². The summed E-state index contributed by atoms with van der Waals surface area (Å²) in [5.41, 5.74) is 1.53. The summed E-state index contributed by atoms with van der Waals surface area (Å²) in [6.45, 7) is 5.65. The van der Waals surface area contributed by atoms with Crippen molar-refractivity contribution in [3.05, 3.63) is 71.8 Å². The van der Waals surface area contributed by atoms with Gasteiger partial charge >= 0.3 is 0 Å². The summed E-state index contributed by atoms with van der Waals surface area (Å²) in [6.07, 6.45) is 0.250. The fourth-order valence-corrected chi connectivity index (χ4v) is 3.47. The van der Waals surface area contributed by atoms with Crippen LogP contribution in [0.5, 0.6) is 0 Å². The van der Waals surface area contributed by atoms with Gasteiger partial charge in [0.1, 0.15) is 0 Å². The molecule has 1 fully saturated rings. The molecule has 1 heterocycles. The lowest BCUT2D eigenvalue weighted by molar-refractivity contribution is -0.135. The van der Waals surface area contributed by atoms with Gasteiger partial charge in [-0.1, -0.05) is 48.5 Å². The van der Waals surface area contributed by atoms with Crippen molar-refractivity contribution in [1.82, 2.24) is 15.5 Å². The molecule has 2 aromatic rings. The summed E-state index contributed by atoms with van der Waals surface area (Å²) in [6, 6.07) is 18.8. The van der Waals surface area contributed by atoms with Crippen LogP contribution in [0.1, 0.15) is 42.2 Å². The predicted molar refractivity (Wildman–Crippen MR) is 114 cm³/mol. The minimum absolute atomic E-state index is 0. The molecule has 5 nitrogen and oxygen atoms in total. The number of carbonyl (C=O) groups excluding carboxylic acids is 2. The summed E-state index contributed by atoms with van der Waals surface area (Å²) in [5, 5.41) is 6.44. The van der Waals surface area contributed by atoms with Crippen LogP contribution in [0.4, 0.5) is 0 Å². The van der Waals surface area contributed by atoms with Crippen LogP contribution in [0.25, 0.3) is 0 Å².